The van der Waals surface area contributed by atoms with Gasteiger partial charge >= 0.3 is 0 Å². The van der Waals surface area contributed by atoms with Crippen LogP contribution in [0.2, 0.25) is 0 Å². The minimum absolute atomic E-state index is 0.0755. The van der Waals surface area contributed by atoms with Gasteiger partial charge in [0.05, 0.1) is 10.6 Å². The Morgan fingerprint density at radius 3 is 1.93 bits per heavy atom. The Hall–Kier alpha value is -3.57. The predicted octanol–water partition coefficient (Wildman–Crippen LogP) is 6.87. The second-order valence-corrected chi connectivity index (χ2v) is 7.23. The first kappa shape index (κ1) is 18.8. The zero-order valence-corrected chi connectivity index (χ0v) is 16.3. The molecule has 0 aliphatic carbocycles. The molecule has 4 nitrogen and oxygen atoms in total. The summed E-state index contributed by atoms with van der Waals surface area (Å²) in [5.74, 6) is 0. The summed E-state index contributed by atoms with van der Waals surface area (Å²) in [7, 11) is 0. The molecule has 4 aromatic rings. The number of hydrogen-bond acceptors (Lipinski definition) is 3. The fraction of sp³-hybridized carbons (Fsp3) is 0. The van der Waals surface area contributed by atoms with Gasteiger partial charge in [-0.3, -0.25) is 10.1 Å². The highest BCUT2D eigenvalue weighted by Crippen LogP contribution is 2.35. The minimum atomic E-state index is -0.401. The highest BCUT2D eigenvalue weighted by atomic mass is 32.2. The van der Waals surface area contributed by atoms with E-state index in [2.05, 4.69) is 36.4 Å². The molecule has 0 fully saturated rings. The number of rotatable bonds is 6. The van der Waals surface area contributed by atoms with Crippen molar-refractivity contribution >= 4 is 23.3 Å². The van der Waals surface area contributed by atoms with Crippen LogP contribution in [0.5, 0.6) is 0 Å². The Bertz CT molecular complexity index is 1110. The van der Waals surface area contributed by atoms with Gasteiger partial charge in [-0.25, -0.2) is 4.72 Å². The quantitative estimate of drug-likeness (QED) is 0.203. The molecule has 0 amide bonds. The molecule has 0 aliphatic heterocycles. The third-order valence-electron chi connectivity index (χ3n) is 4.49. The van der Waals surface area contributed by atoms with Crippen molar-refractivity contribution in [2.24, 2.45) is 0 Å². The average molecular weight is 397 g/mol. The molecule has 0 atom stereocenters. The van der Waals surface area contributed by atoms with E-state index < -0.39 is 4.92 Å². The fourth-order valence-corrected chi connectivity index (χ4v) is 3.63. The first-order chi connectivity index (χ1) is 14.2. The lowest BCUT2D eigenvalue weighted by molar-refractivity contribution is -0.384. The van der Waals surface area contributed by atoms with Crippen LogP contribution in [0.4, 0.5) is 11.4 Å². The summed E-state index contributed by atoms with van der Waals surface area (Å²) >= 11 is 1.31. The van der Waals surface area contributed by atoms with Gasteiger partial charge in [-0.05, 0) is 41.0 Å². The number of nitro groups is 1. The first-order valence-corrected chi connectivity index (χ1v) is 9.85. The van der Waals surface area contributed by atoms with E-state index in [0.717, 1.165) is 32.8 Å². The van der Waals surface area contributed by atoms with E-state index in [1.807, 2.05) is 42.5 Å². The van der Waals surface area contributed by atoms with Crippen LogP contribution in [0.25, 0.3) is 22.3 Å². The standard InChI is InChI=1S/C24H17N2O2S/c27-26(28)21-12-14-22(15-13-21)29-25-24-16-11-20(18-7-3-1-4-8-18)17-23(24)19-9-5-2-6-10-19/h1-17H. The highest BCUT2D eigenvalue weighted by Gasteiger charge is 2.11. The van der Waals surface area contributed by atoms with Crippen LogP contribution in [0.3, 0.4) is 0 Å². The van der Waals surface area contributed by atoms with Crippen LogP contribution >= 0.6 is 11.9 Å². The molecule has 0 spiro atoms. The molecule has 1 radical (unpaired) electrons. The van der Waals surface area contributed by atoms with E-state index in [0.29, 0.717) is 0 Å². The minimum Gasteiger partial charge on any atom is -0.258 e. The predicted molar refractivity (Wildman–Crippen MR) is 118 cm³/mol. The molecule has 0 unspecified atom stereocenters. The summed E-state index contributed by atoms with van der Waals surface area (Å²) in [5.41, 5.74) is 5.35. The van der Waals surface area contributed by atoms with Gasteiger partial charge in [-0.1, -0.05) is 66.7 Å². The van der Waals surface area contributed by atoms with E-state index >= 15 is 0 Å². The molecule has 0 heterocycles. The van der Waals surface area contributed by atoms with Crippen LogP contribution < -0.4 is 4.72 Å². The van der Waals surface area contributed by atoms with Crippen LogP contribution in [0, 0.1) is 10.1 Å². The van der Waals surface area contributed by atoms with Crippen molar-refractivity contribution in [2.45, 2.75) is 4.90 Å². The summed E-state index contributed by atoms with van der Waals surface area (Å²) < 4.78 is 4.71. The summed E-state index contributed by atoms with van der Waals surface area (Å²) in [4.78, 5) is 11.3. The van der Waals surface area contributed by atoms with Gasteiger partial charge in [0.25, 0.3) is 5.69 Å². The Labute approximate surface area is 173 Å². The number of nitrogens with zero attached hydrogens (tertiary/aromatic N) is 2. The molecule has 0 saturated carbocycles. The summed E-state index contributed by atoms with van der Waals surface area (Å²) in [6.45, 7) is 0. The molecule has 0 N–H and O–H groups in total. The zero-order chi connectivity index (χ0) is 20.1. The molecule has 141 valence electrons. The van der Waals surface area contributed by atoms with Crippen LogP contribution in [0.1, 0.15) is 0 Å². The number of non-ortho nitro benzene ring substituents is 1. The first-order valence-electron chi connectivity index (χ1n) is 9.08. The molecule has 29 heavy (non-hydrogen) atoms. The summed E-state index contributed by atoms with van der Waals surface area (Å²) in [6.07, 6.45) is 0. The van der Waals surface area contributed by atoms with Crippen molar-refractivity contribution in [2.75, 3.05) is 0 Å². The molecule has 0 aliphatic rings. The van der Waals surface area contributed by atoms with E-state index in [1.165, 1.54) is 24.1 Å². The van der Waals surface area contributed by atoms with Gasteiger partial charge in [0, 0.05) is 34.5 Å². The van der Waals surface area contributed by atoms with Crippen molar-refractivity contribution in [1.82, 2.24) is 4.72 Å². The molecule has 5 heteroatoms. The van der Waals surface area contributed by atoms with Gasteiger partial charge in [-0.15, -0.1) is 0 Å². The van der Waals surface area contributed by atoms with Crippen molar-refractivity contribution < 1.29 is 4.92 Å². The Morgan fingerprint density at radius 1 is 0.690 bits per heavy atom. The molecule has 0 aromatic heterocycles. The largest absolute Gasteiger partial charge is 0.269 e. The van der Waals surface area contributed by atoms with Gasteiger partial charge < -0.3 is 0 Å². The Balaban J connectivity index is 1.64. The molecular formula is C24H17N2O2S. The molecule has 0 saturated heterocycles. The van der Waals surface area contributed by atoms with Gasteiger partial charge in [0.15, 0.2) is 0 Å². The molecule has 0 bridgehead atoms. The lowest BCUT2D eigenvalue weighted by Crippen LogP contribution is -1.92. The molecule has 4 rings (SSSR count). The van der Waals surface area contributed by atoms with Gasteiger partial charge in [0.1, 0.15) is 0 Å². The normalized spacial score (nSPS) is 10.5. The summed E-state index contributed by atoms with van der Waals surface area (Å²) in [5, 5.41) is 10.8. The van der Waals surface area contributed by atoms with E-state index in [-0.39, 0.29) is 5.69 Å². The fourth-order valence-electron chi connectivity index (χ4n) is 3.01. The van der Waals surface area contributed by atoms with Gasteiger partial charge in [0.2, 0.25) is 0 Å². The monoisotopic (exact) mass is 397 g/mol. The Kier molecular flexibility index (Phi) is 5.59. The van der Waals surface area contributed by atoms with Crippen molar-refractivity contribution in [3.05, 3.63) is 113 Å². The molecule has 4 aromatic carbocycles. The lowest BCUT2D eigenvalue weighted by Gasteiger charge is -2.12. The SMILES string of the molecule is O=[N+]([O-])c1ccc(S[N]c2ccc(-c3ccccc3)cc2-c2ccccc2)cc1. The number of benzene rings is 4. The molecular weight excluding hydrogens is 380 g/mol. The highest BCUT2D eigenvalue weighted by molar-refractivity contribution is 7.97. The average Bonchev–Trinajstić information content (AvgIpc) is 2.79. The second-order valence-electron chi connectivity index (χ2n) is 6.40. The number of hydrogen-bond donors (Lipinski definition) is 0. The number of nitro benzene ring substituents is 1. The maximum atomic E-state index is 10.8. The Morgan fingerprint density at radius 2 is 1.31 bits per heavy atom. The van der Waals surface area contributed by atoms with Crippen molar-refractivity contribution in [1.29, 1.82) is 0 Å². The van der Waals surface area contributed by atoms with E-state index in [4.69, 9.17) is 4.72 Å². The lowest BCUT2D eigenvalue weighted by atomic mass is 9.98. The maximum Gasteiger partial charge on any atom is 0.269 e. The van der Waals surface area contributed by atoms with Crippen LogP contribution in [-0.2, 0) is 0 Å². The van der Waals surface area contributed by atoms with E-state index in [9.17, 15) is 10.1 Å². The third-order valence-corrected chi connectivity index (χ3v) is 5.26. The van der Waals surface area contributed by atoms with Crippen molar-refractivity contribution in [3.8, 4) is 22.3 Å². The third kappa shape index (κ3) is 4.47. The van der Waals surface area contributed by atoms with Gasteiger partial charge in [-0.2, -0.15) is 0 Å². The van der Waals surface area contributed by atoms with Crippen molar-refractivity contribution in [3.63, 3.8) is 0 Å². The van der Waals surface area contributed by atoms with Crippen LogP contribution in [-0.4, -0.2) is 4.92 Å². The maximum absolute atomic E-state index is 10.8. The van der Waals surface area contributed by atoms with Crippen LogP contribution in [0.15, 0.2) is 108 Å². The summed E-state index contributed by atoms with van der Waals surface area (Å²) in [6, 6.07) is 33.1. The second kappa shape index (κ2) is 8.63. The van der Waals surface area contributed by atoms with E-state index in [1.54, 1.807) is 12.1 Å². The smallest absolute Gasteiger partial charge is 0.258 e. The topological polar surface area (TPSA) is 57.2 Å². The zero-order valence-electron chi connectivity index (χ0n) is 15.4.